The summed E-state index contributed by atoms with van der Waals surface area (Å²) in [4.78, 5) is 0. The highest BCUT2D eigenvalue weighted by Gasteiger charge is 2.21. The number of hydrogen-bond donors (Lipinski definition) is 0. The highest BCUT2D eigenvalue weighted by molar-refractivity contribution is 5.49. The van der Waals surface area contributed by atoms with Crippen molar-refractivity contribution in [1.29, 1.82) is 0 Å². The molecule has 0 fully saturated rings. The predicted octanol–water partition coefficient (Wildman–Crippen LogP) is 8.48. The van der Waals surface area contributed by atoms with Crippen LogP contribution in [0.4, 0.5) is 0 Å². The Morgan fingerprint density at radius 2 is 1.21 bits per heavy atom. The summed E-state index contributed by atoms with van der Waals surface area (Å²) in [6, 6.07) is 4.44. The van der Waals surface area contributed by atoms with Crippen LogP contribution in [0.5, 0.6) is 11.5 Å². The van der Waals surface area contributed by atoms with Crippen molar-refractivity contribution in [2.24, 2.45) is 11.8 Å². The molecule has 0 saturated heterocycles. The van der Waals surface area contributed by atoms with Crippen molar-refractivity contribution in [3.05, 3.63) is 23.3 Å². The van der Waals surface area contributed by atoms with Gasteiger partial charge in [-0.15, -0.1) is 0 Å². The normalized spacial score (nSPS) is 13.9. The largest absolute Gasteiger partial charge is 0.489 e. The van der Waals surface area contributed by atoms with Crippen molar-refractivity contribution >= 4 is 0 Å². The summed E-state index contributed by atoms with van der Waals surface area (Å²) in [7, 11) is 0. The highest BCUT2D eigenvalue weighted by Crippen LogP contribution is 2.37. The lowest BCUT2D eigenvalue weighted by Crippen LogP contribution is -2.17. The van der Waals surface area contributed by atoms with Crippen LogP contribution in [0.3, 0.4) is 0 Å². The van der Waals surface area contributed by atoms with Crippen LogP contribution in [0, 0.1) is 18.8 Å². The van der Waals surface area contributed by atoms with Gasteiger partial charge in [-0.1, -0.05) is 87.0 Å². The van der Waals surface area contributed by atoms with Crippen molar-refractivity contribution in [3.63, 3.8) is 0 Å². The fraction of sp³-hybridized carbons (Fsp3) is 0.778. The quantitative estimate of drug-likeness (QED) is 0.309. The molecule has 0 bridgehead atoms. The molecule has 1 rings (SSSR count). The molecule has 1 aromatic carbocycles. The van der Waals surface area contributed by atoms with Crippen LogP contribution in [0.25, 0.3) is 0 Å². The van der Waals surface area contributed by atoms with E-state index in [-0.39, 0.29) is 5.41 Å². The van der Waals surface area contributed by atoms with Gasteiger partial charge in [0.05, 0.1) is 13.2 Å². The molecule has 0 aliphatic rings. The molecule has 0 N–H and O–H groups in total. The van der Waals surface area contributed by atoms with Gasteiger partial charge >= 0.3 is 0 Å². The molecule has 0 saturated carbocycles. The number of ether oxygens (including phenoxy) is 2. The zero-order valence-corrected chi connectivity index (χ0v) is 20.7. The topological polar surface area (TPSA) is 18.5 Å². The van der Waals surface area contributed by atoms with Gasteiger partial charge in [0.2, 0.25) is 0 Å². The van der Waals surface area contributed by atoms with Crippen LogP contribution in [0.2, 0.25) is 0 Å². The van der Waals surface area contributed by atoms with Crippen LogP contribution in [0.1, 0.15) is 111 Å². The van der Waals surface area contributed by atoms with Gasteiger partial charge in [0.25, 0.3) is 0 Å². The third-order valence-corrected chi connectivity index (χ3v) is 6.13. The van der Waals surface area contributed by atoms with E-state index in [2.05, 4.69) is 67.5 Å². The lowest BCUT2D eigenvalue weighted by molar-refractivity contribution is 0.198. The number of aryl methyl sites for hydroxylation is 1. The number of rotatable bonds is 14. The summed E-state index contributed by atoms with van der Waals surface area (Å²) in [5.41, 5.74) is 2.74. The second-order valence-electron chi connectivity index (χ2n) is 9.82. The Balaban J connectivity index is 3.01. The molecule has 2 atom stereocenters. The van der Waals surface area contributed by atoms with E-state index in [0.717, 1.165) is 24.7 Å². The summed E-state index contributed by atoms with van der Waals surface area (Å²) >= 11 is 0. The molecule has 0 heterocycles. The Labute approximate surface area is 181 Å². The molecule has 2 heteroatoms. The monoisotopic (exact) mass is 404 g/mol. The summed E-state index contributed by atoms with van der Waals surface area (Å²) in [6.45, 7) is 19.6. The Bertz CT molecular complexity index is 571. The summed E-state index contributed by atoms with van der Waals surface area (Å²) in [5.74, 6) is 3.10. The Hall–Kier alpha value is -1.18. The fourth-order valence-electron chi connectivity index (χ4n) is 3.91. The van der Waals surface area contributed by atoms with Crippen molar-refractivity contribution in [3.8, 4) is 11.5 Å². The number of unbranched alkanes of at least 4 members (excludes halogenated alkanes) is 2. The third-order valence-electron chi connectivity index (χ3n) is 6.13. The van der Waals surface area contributed by atoms with Gasteiger partial charge < -0.3 is 9.47 Å². The molecular weight excluding hydrogens is 356 g/mol. The summed E-state index contributed by atoms with van der Waals surface area (Å²) in [5, 5.41) is 0. The highest BCUT2D eigenvalue weighted by atomic mass is 16.5. The van der Waals surface area contributed by atoms with Gasteiger partial charge in [-0.2, -0.15) is 0 Å². The number of hydrogen-bond acceptors (Lipinski definition) is 2. The molecule has 1 aromatic rings. The smallest absolute Gasteiger partial charge is 0.161 e. The molecule has 2 nitrogen and oxygen atoms in total. The lowest BCUT2D eigenvalue weighted by Gasteiger charge is -2.26. The van der Waals surface area contributed by atoms with Crippen molar-refractivity contribution in [2.75, 3.05) is 13.2 Å². The van der Waals surface area contributed by atoms with E-state index in [1.165, 1.54) is 62.5 Å². The Morgan fingerprint density at radius 1 is 0.759 bits per heavy atom. The molecule has 2 unspecified atom stereocenters. The lowest BCUT2D eigenvalue weighted by atomic mass is 9.84. The second kappa shape index (κ2) is 13.2. The summed E-state index contributed by atoms with van der Waals surface area (Å²) < 4.78 is 12.8. The Morgan fingerprint density at radius 3 is 1.59 bits per heavy atom. The average Bonchev–Trinajstić information content (AvgIpc) is 2.68. The van der Waals surface area contributed by atoms with Gasteiger partial charge in [0.1, 0.15) is 0 Å². The maximum atomic E-state index is 6.40. The number of benzene rings is 1. The average molecular weight is 405 g/mol. The minimum atomic E-state index is 0.0974. The first-order valence-electron chi connectivity index (χ1n) is 12.2. The van der Waals surface area contributed by atoms with E-state index >= 15 is 0 Å². The molecule has 0 aliphatic carbocycles. The molecule has 0 aromatic heterocycles. The molecule has 0 amide bonds. The minimum Gasteiger partial charge on any atom is -0.489 e. The van der Waals surface area contributed by atoms with Crippen LogP contribution < -0.4 is 9.47 Å². The maximum absolute atomic E-state index is 6.40. The first-order chi connectivity index (χ1) is 13.8. The Kier molecular flexibility index (Phi) is 11.8. The molecule has 0 spiro atoms. The second-order valence-corrected chi connectivity index (χ2v) is 9.82. The fourth-order valence-corrected chi connectivity index (χ4v) is 3.91. The van der Waals surface area contributed by atoms with E-state index in [1.807, 2.05) is 0 Å². The zero-order valence-electron chi connectivity index (χ0n) is 20.7. The van der Waals surface area contributed by atoms with E-state index in [9.17, 15) is 0 Å². The van der Waals surface area contributed by atoms with Crippen LogP contribution in [0.15, 0.2) is 12.1 Å². The van der Waals surface area contributed by atoms with Crippen molar-refractivity contribution in [2.45, 2.75) is 112 Å². The zero-order chi connectivity index (χ0) is 21.9. The van der Waals surface area contributed by atoms with Gasteiger partial charge in [0, 0.05) is 0 Å². The van der Waals surface area contributed by atoms with E-state index in [1.54, 1.807) is 0 Å². The third kappa shape index (κ3) is 9.01. The first-order valence-corrected chi connectivity index (χ1v) is 12.2. The van der Waals surface area contributed by atoms with E-state index in [4.69, 9.17) is 9.47 Å². The van der Waals surface area contributed by atoms with Crippen LogP contribution >= 0.6 is 0 Å². The van der Waals surface area contributed by atoms with E-state index < -0.39 is 0 Å². The first kappa shape index (κ1) is 25.9. The SMILES string of the molecule is CCCCC(CC)COc1cc(C)c(C(C)(C)C)cc1OCC(CC)CCCC. The van der Waals surface area contributed by atoms with Gasteiger partial charge in [-0.05, 0) is 60.3 Å². The van der Waals surface area contributed by atoms with Gasteiger partial charge in [0.15, 0.2) is 11.5 Å². The van der Waals surface area contributed by atoms with Gasteiger partial charge in [-0.25, -0.2) is 0 Å². The minimum absolute atomic E-state index is 0.0974. The van der Waals surface area contributed by atoms with Crippen LogP contribution in [-0.2, 0) is 5.41 Å². The molecule has 0 radical (unpaired) electrons. The van der Waals surface area contributed by atoms with Gasteiger partial charge in [-0.3, -0.25) is 0 Å². The molecule has 168 valence electrons. The molecule has 0 aliphatic heterocycles. The van der Waals surface area contributed by atoms with Crippen molar-refractivity contribution < 1.29 is 9.47 Å². The standard InChI is InChI=1S/C27H48O2/c1-9-13-15-22(11-3)19-28-25-17-21(5)24(27(6,7)8)18-26(25)29-20-23(12-4)16-14-10-2/h17-18,22-23H,9-16,19-20H2,1-8H3. The summed E-state index contributed by atoms with van der Waals surface area (Å²) in [6.07, 6.45) is 9.89. The van der Waals surface area contributed by atoms with Crippen molar-refractivity contribution in [1.82, 2.24) is 0 Å². The maximum Gasteiger partial charge on any atom is 0.161 e. The van der Waals surface area contributed by atoms with E-state index in [0.29, 0.717) is 11.8 Å². The molecule has 29 heavy (non-hydrogen) atoms. The van der Waals surface area contributed by atoms with Crippen LogP contribution in [-0.4, -0.2) is 13.2 Å². The predicted molar refractivity (Wildman–Crippen MR) is 127 cm³/mol. The molecular formula is C27H48O2.